The second kappa shape index (κ2) is 4.39. The minimum atomic E-state index is 0.951. The van der Waals surface area contributed by atoms with Crippen LogP contribution in [-0.2, 0) is 0 Å². The van der Waals surface area contributed by atoms with Crippen LogP contribution in [0.15, 0.2) is 40.3 Å². The number of hydrogen-bond acceptors (Lipinski definition) is 2. The summed E-state index contributed by atoms with van der Waals surface area (Å²) in [5.74, 6) is 0. The molecule has 1 aromatic rings. The fourth-order valence-corrected chi connectivity index (χ4v) is 0.700. The lowest BCUT2D eigenvalue weighted by molar-refractivity contribution is 1.48. The van der Waals surface area contributed by atoms with Crippen LogP contribution in [0.3, 0.4) is 0 Å². The van der Waals surface area contributed by atoms with Gasteiger partial charge in [-0.3, -0.25) is 9.98 Å². The van der Waals surface area contributed by atoms with E-state index >= 15 is 0 Å². The topological polar surface area (TPSA) is 24.7 Å². The van der Waals surface area contributed by atoms with Gasteiger partial charge in [0.15, 0.2) is 0 Å². The molecule has 0 aliphatic carbocycles. The van der Waals surface area contributed by atoms with Crippen LogP contribution in [0, 0.1) is 0 Å². The molecule has 2 heteroatoms. The summed E-state index contributed by atoms with van der Waals surface area (Å²) in [7, 11) is 1.72. The van der Waals surface area contributed by atoms with Gasteiger partial charge in [0.25, 0.3) is 0 Å². The van der Waals surface area contributed by atoms with Crippen molar-refractivity contribution in [1.82, 2.24) is 0 Å². The van der Waals surface area contributed by atoms with Crippen LogP contribution in [0.4, 0.5) is 5.69 Å². The molecule has 0 saturated carbocycles. The van der Waals surface area contributed by atoms with Crippen LogP contribution in [0.2, 0.25) is 0 Å². The van der Waals surface area contributed by atoms with Crippen LogP contribution < -0.4 is 0 Å². The maximum atomic E-state index is 4.12. The van der Waals surface area contributed by atoms with Crippen molar-refractivity contribution < 1.29 is 0 Å². The minimum Gasteiger partial charge on any atom is -0.295 e. The van der Waals surface area contributed by atoms with E-state index in [0.717, 1.165) is 5.69 Å². The molecule has 0 heterocycles. The van der Waals surface area contributed by atoms with Crippen molar-refractivity contribution in [3.63, 3.8) is 0 Å². The zero-order valence-corrected chi connectivity index (χ0v) is 6.44. The molecule has 56 valence electrons. The molecule has 1 rings (SSSR count). The maximum absolute atomic E-state index is 4.12. The average molecular weight is 146 g/mol. The van der Waals surface area contributed by atoms with Crippen LogP contribution in [0.25, 0.3) is 0 Å². The van der Waals surface area contributed by atoms with E-state index in [1.165, 1.54) is 0 Å². The van der Waals surface area contributed by atoms with Gasteiger partial charge < -0.3 is 0 Å². The second-order valence-corrected chi connectivity index (χ2v) is 2.02. The number of hydrogen-bond donors (Lipinski definition) is 0. The highest BCUT2D eigenvalue weighted by atomic mass is 14.7. The molecule has 0 saturated heterocycles. The summed E-state index contributed by atoms with van der Waals surface area (Å²) in [6.07, 6.45) is 3.34. The highest BCUT2D eigenvalue weighted by Gasteiger charge is 1.79. The Hall–Kier alpha value is -1.44. The number of aliphatic imine (C=N–C) groups is 2. The molecule has 0 radical (unpaired) electrons. The first kappa shape index (κ1) is 7.66. The Morgan fingerprint density at radius 3 is 2.45 bits per heavy atom. The average Bonchev–Trinajstić information content (AvgIpc) is 2.07. The standard InChI is InChI=1S/C9H10N2/c1-10-7-8-11-9-5-3-2-4-6-9/h2-8H,1H3/b10-7+,11-8-. The summed E-state index contributed by atoms with van der Waals surface area (Å²) >= 11 is 0. The Labute approximate surface area is 66.3 Å². The molecular weight excluding hydrogens is 136 g/mol. The molecular formula is C9H10N2. The van der Waals surface area contributed by atoms with Gasteiger partial charge in [0.1, 0.15) is 0 Å². The van der Waals surface area contributed by atoms with E-state index in [4.69, 9.17) is 0 Å². The Kier molecular flexibility index (Phi) is 3.06. The first-order valence-corrected chi connectivity index (χ1v) is 3.43. The third kappa shape index (κ3) is 2.76. The maximum Gasteiger partial charge on any atom is 0.0630 e. The van der Waals surface area contributed by atoms with E-state index < -0.39 is 0 Å². The van der Waals surface area contributed by atoms with E-state index in [-0.39, 0.29) is 0 Å². The minimum absolute atomic E-state index is 0.951. The van der Waals surface area contributed by atoms with Gasteiger partial charge in [0, 0.05) is 19.5 Å². The van der Waals surface area contributed by atoms with E-state index in [1.54, 1.807) is 19.5 Å². The fraction of sp³-hybridized carbons (Fsp3) is 0.111. The van der Waals surface area contributed by atoms with Gasteiger partial charge in [-0.2, -0.15) is 0 Å². The summed E-state index contributed by atoms with van der Waals surface area (Å²) in [4.78, 5) is 7.90. The lowest BCUT2D eigenvalue weighted by atomic mass is 10.3. The summed E-state index contributed by atoms with van der Waals surface area (Å²) in [6, 6.07) is 9.76. The lowest BCUT2D eigenvalue weighted by Gasteiger charge is -1.87. The van der Waals surface area contributed by atoms with Crippen molar-refractivity contribution in [3.8, 4) is 0 Å². The van der Waals surface area contributed by atoms with Crippen molar-refractivity contribution in [1.29, 1.82) is 0 Å². The fourth-order valence-electron chi connectivity index (χ4n) is 0.700. The monoisotopic (exact) mass is 146 g/mol. The molecule has 0 fully saturated rings. The molecule has 2 nitrogen and oxygen atoms in total. The number of para-hydroxylation sites is 1. The number of rotatable bonds is 2. The molecule has 0 amide bonds. The Morgan fingerprint density at radius 1 is 1.09 bits per heavy atom. The van der Waals surface area contributed by atoms with Gasteiger partial charge in [-0.1, -0.05) is 18.2 Å². The predicted molar refractivity (Wildman–Crippen MR) is 49.0 cm³/mol. The molecule has 0 N–H and O–H groups in total. The largest absolute Gasteiger partial charge is 0.295 e. The second-order valence-electron chi connectivity index (χ2n) is 2.02. The van der Waals surface area contributed by atoms with Gasteiger partial charge in [-0.15, -0.1) is 0 Å². The quantitative estimate of drug-likeness (QED) is 0.571. The summed E-state index contributed by atoms with van der Waals surface area (Å²) in [5, 5.41) is 0. The molecule has 0 spiro atoms. The van der Waals surface area contributed by atoms with Crippen LogP contribution in [-0.4, -0.2) is 19.5 Å². The Bertz CT molecular complexity index is 250. The normalized spacial score (nSPS) is 11.4. The van der Waals surface area contributed by atoms with Crippen molar-refractivity contribution in [2.75, 3.05) is 7.05 Å². The van der Waals surface area contributed by atoms with Crippen molar-refractivity contribution in [2.45, 2.75) is 0 Å². The first-order valence-electron chi connectivity index (χ1n) is 3.43. The SMILES string of the molecule is C/N=C/C=N\c1ccccc1. The van der Waals surface area contributed by atoms with Crippen LogP contribution in [0.1, 0.15) is 0 Å². The number of nitrogens with zero attached hydrogens (tertiary/aromatic N) is 2. The van der Waals surface area contributed by atoms with Gasteiger partial charge in [0.05, 0.1) is 5.69 Å². The summed E-state index contributed by atoms with van der Waals surface area (Å²) < 4.78 is 0. The van der Waals surface area contributed by atoms with E-state index in [9.17, 15) is 0 Å². The number of benzene rings is 1. The summed E-state index contributed by atoms with van der Waals surface area (Å²) in [6.45, 7) is 0. The van der Waals surface area contributed by atoms with Gasteiger partial charge in [-0.05, 0) is 12.1 Å². The van der Waals surface area contributed by atoms with E-state index in [0.29, 0.717) is 0 Å². The molecule has 1 aromatic carbocycles. The molecule has 11 heavy (non-hydrogen) atoms. The molecule has 0 unspecified atom stereocenters. The van der Waals surface area contributed by atoms with Gasteiger partial charge in [0.2, 0.25) is 0 Å². The lowest BCUT2D eigenvalue weighted by Crippen LogP contribution is -1.72. The third-order valence-corrected chi connectivity index (χ3v) is 1.20. The van der Waals surface area contributed by atoms with E-state index in [1.807, 2.05) is 30.3 Å². The van der Waals surface area contributed by atoms with Crippen LogP contribution in [0.5, 0.6) is 0 Å². The summed E-state index contributed by atoms with van der Waals surface area (Å²) in [5.41, 5.74) is 0.951. The van der Waals surface area contributed by atoms with Crippen molar-refractivity contribution >= 4 is 18.1 Å². The van der Waals surface area contributed by atoms with Crippen molar-refractivity contribution in [3.05, 3.63) is 30.3 Å². The highest BCUT2D eigenvalue weighted by molar-refractivity contribution is 6.16. The highest BCUT2D eigenvalue weighted by Crippen LogP contribution is 2.07. The molecule has 0 bridgehead atoms. The van der Waals surface area contributed by atoms with Crippen molar-refractivity contribution in [2.24, 2.45) is 9.98 Å². The predicted octanol–water partition coefficient (Wildman–Crippen LogP) is 2.09. The zero-order valence-electron chi connectivity index (χ0n) is 6.44. The van der Waals surface area contributed by atoms with Crippen LogP contribution >= 0.6 is 0 Å². The Morgan fingerprint density at radius 2 is 1.82 bits per heavy atom. The molecule has 0 aliphatic rings. The molecule has 0 atom stereocenters. The molecule has 0 aliphatic heterocycles. The molecule has 0 aromatic heterocycles. The van der Waals surface area contributed by atoms with Gasteiger partial charge in [-0.25, -0.2) is 0 Å². The first-order chi connectivity index (χ1) is 5.43. The van der Waals surface area contributed by atoms with Gasteiger partial charge >= 0.3 is 0 Å². The third-order valence-electron chi connectivity index (χ3n) is 1.20. The smallest absolute Gasteiger partial charge is 0.0630 e. The zero-order chi connectivity index (χ0) is 7.94. The Balaban J connectivity index is 2.64. The van der Waals surface area contributed by atoms with E-state index in [2.05, 4.69) is 9.98 Å².